The number of aromatic nitrogens is 1. The van der Waals surface area contributed by atoms with Crippen LogP contribution in [0.25, 0.3) is 0 Å². The summed E-state index contributed by atoms with van der Waals surface area (Å²) in [5, 5.41) is 7.99. The smallest absolute Gasteiger partial charge is 0.117 e. The van der Waals surface area contributed by atoms with Crippen LogP contribution in [-0.2, 0) is 6.42 Å². The van der Waals surface area contributed by atoms with Crippen molar-refractivity contribution in [2.75, 3.05) is 5.32 Å². The van der Waals surface area contributed by atoms with Crippen LogP contribution in [0.15, 0.2) is 17.0 Å². The highest BCUT2D eigenvalue weighted by Gasteiger charge is 2.17. The molecule has 0 atom stereocenters. The molecule has 3 rings (SSSR count). The molecule has 1 aliphatic heterocycles. The second kappa shape index (κ2) is 2.31. The van der Waals surface area contributed by atoms with Crippen LogP contribution < -0.4 is 5.32 Å². The number of rotatable bonds is 0. The topological polar surface area (TPSA) is 24.9 Å². The van der Waals surface area contributed by atoms with Gasteiger partial charge in [0.15, 0.2) is 0 Å². The fraction of sp³-hybridized carbons (Fsp3) is 0.125. The number of thiazole rings is 1. The fourth-order valence-electron chi connectivity index (χ4n) is 1.36. The van der Waals surface area contributed by atoms with E-state index in [4.69, 9.17) is 0 Å². The lowest BCUT2D eigenvalue weighted by molar-refractivity contribution is 1.10. The summed E-state index contributed by atoms with van der Waals surface area (Å²) in [5.74, 6) is 0. The molecule has 0 bridgehead atoms. The minimum atomic E-state index is 0.991. The Bertz CT molecular complexity index is 343. The summed E-state index contributed by atoms with van der Waals surface area (Å²) < 4.78 is 0. The van der Waals surface area contributed by atoms with Crippen molar-refractivity contribution in [2.24, 2.45) is 0 Å². The van der Waals surface area contributed by atoms with Gasteiger partial charge in [0.25, 0.3) is 0 Å². The van der Waals surface area contributed by atoms with Crippen LogP contribution in [0.2, 0.25) is 0 Å². The third-order valence-corrected chi connectivity index (χ3v) is 3.63. The second-order valence-corrected chi connectivity index (χ2v) is 4.48. The minimum Gasteiger partial charge on any atom is -0.337 e. The average molecular weight is 194 g/mol. The predicted molar refractivity (Wildman–Crippen MR) is 52.5 cm³/mol. The molecule has 3 heterocycles. The maximum atomic E-state index is 4.30. The normalized spacial score (nSPS) is 13.3. The van der Waals surface area contributed by atoms with Crippen molar-refractivity contribution >= 4 is 32.7 Å². The molecule has 0 saturated heterocycles. The van der Waals surface area contributed by atoms with Crippen molar-refractivity contribution in [1.29, 1.82) is 0 Å². The molecular formula is C8H6N2S2. The number of fused-ring (bicyclic) bond motifs is 2. The maximum Gasteiger partial charge on any atom is 0.117 e. The molecule has 0 radical (unpaired) electrons. The van der Waals surface area contributed by atoms with Gasteiger partial charge >= 0.3 is 0 Å². The minimum absolute atomic E-state index is 0.991. The molecule has 2 aromatic heterocycles. The van der Waals surface area contributed by atoms with E-state index in [2.05, 4.69) is 21.7 Å². The number of hydrogen-bond acceptors (Lipinski definition) is 4. The third-order valence-electron chi connectivity index (χ3n) is 1.97. The Kier molecular flexibility index (Phi) is 1.27. The van der Waals surface area contributed by atoms with Gasteiger partial charge < -0.3 is 5.32 Å². The molecule has 0 saturated carbocycles. The van der Waals surface area contributed by atoms with Gasteiger partial charge in [0.05, 0.1) is 16.2 Å². The first kappa shape index (κ1) is 6.62. The van der Waals surface area contributed by atoms with Crippen LogP contribution in [0.1, 0.15) is 11.3 Å². The maximum absolute atomic E-state index is 4.30. The van der Waals surface area contributed by atoms with Gasteiger partial charge in [-0.3, -0.25) is 0 Å². The highest BCUT2D eigenvalue weighted by molar-refractivity contribution is 7.16. The van der Waals surface area contributed by atoms with Crippen molar-refractivity contribution in [2.45, 2.75) is 6.42 Å². The summed E-state index contributed by atoms with van der Waals surface area (Å²) in [6.07, 6.45) is 0.991. The number of hydrogen-bond donors (Lipinski definition) is 1. The van der Waals surface area contributed by atoms with Crippen LogP contribution in [0.3, 0.4) is 0 Å². The molecule has 1 aliphatic rings. The van der Waals surface area contributed by atoms with Crippen LogP contribution in [-0.4, -0.2) is 4.98 Å². The zero-order chi connectivity index (χ0) is 7.97. The highest BCUT2D eigenvalue weighted by Crippen LogP contribution is 2.37. The quantitative estimate of drug-likeness (QED) is 0.595. The SMILES string of the molecule is c1cc2c(s1)Nc1scnc1C2. The van der Waals surface area contributed by atoms with Crippen molar-refractivity contribution in [3.05, 3.63) is 28.2 Å². The van der Waals surface area contributed by atoms with E-state index in [1.54, 1.807) is 22.7 Å². The van der Waals surface area contributed by atoms with Gasteiger partial charge in [0, 0.05) is 6.42 Å². The van der Waals surface area contributed by atoms with Crippen LogP contribution in [0.4, 0.5) is 10.0 Å². The Morgan fingerprint density at radius 3 is 3.33 bits per heavy atom. The largest absolute Gasteiger partial charge is 0.337 e. The van der Waals surface area contributed by atoms with Crippen molar-refractivity contribution < 1.29 is 0 Å². The number of nitrogens with zero attached hydrogens (tertiary/aromatic N) is 1. The standard InChI is InChI=1S/C8H6N2S2/c1-2-11-7-5(1)3-6-8(10-7)12-4-9-6/h1-2,4,10H,3H2. The lowest BCUT2D eigenvalue weighted by atomic mass is 10.1. The van der Waals surface area contributed by atoms with Gasteiger partial charge in [-0.2, -0.15) is 0 Å². The van der Waals surface area contributed by atoms with E-state index in [1.807, 2.05) is 5.51 Å². The molecule has 12 heavy (non-hydrogen) atoms. The van der Waals surface area contributed by atoms with Gasteiger partial charge in [-0.15, -0.1) is 22.7 Å². The summed E-state index contributed by atoms with van der Waals surface area (Å²) in [6.45, 7) is 0. The van der Waals surface area contributed by atoms with Gasteiger partial charge in [0.1, 0.15) is 5.00 Å². The van der Waals surface area contributed by atoms with Gasteiger partial charge in [0.2, 0.25) is 0 Å². The van der Waals surface area contributed by atoms with Crippen molar-refractivity contribution in [3.8, 4) is 0 Å². The van der Waals surface area contributed by atoms with E-state index >= 15 is 0 Å². The summed E-state index contributed by atoms with van der Waals surface area (Å²) >= 11 is 3.44. The van der Waals surface area contributed by atoms with E-state index in [9.17, 15) is 0 Å². The van der Waals surface area contributed by atoms with Crippen LogP contribution >= 0.6 is 22.7 Å². The summed E-state index contributed by atoms with van der Waals surface area (Å²) in [4.78, 5) is 4.30. The zero-order valence-corrected chi connectivity index (χ0v) is 7.84. The lowest BCUT2D eigenvalue weighted by Crippen LogP contribution is -2.01. The Morgan fingerprint density at radius 2 is 2.33 bits per heavy atom. The first-order valence-corrected chi connectivity index (χ1v) is 5.45. The van der Waals surface area contributed by atoms with E-state index in [0.717, 1.165) is 6.42 Å². The predicted octanol–water partition coefficient (Wildman–Crippen LogP) is 2.85. The Morgan fingerprint density at radius 1 is 1.33 bits per heavy atom. The molecule has 4 heteroatoms. The zero-order valence-electron chi connectivity index (χ0n) is 6.20. The molecule has 0 fully saturated rings. The highest BCUT2D eigenvalue weighted by atomic mass is 32.1. The molecule has 0 amide bonds. The first-order valence-electron chi connectivity index (χ1n) is 3.69. The third kappa shape index (κ3) is 0.820. The first-order chi connectivity index (χ1) is 5.93. The molecule has 0 aliphatic carbocycles. The number of nitrogens with one attached hydrogen (secondary N) is 1. The van der Waals surface area contributed by atoms with Gasteiger partial charge in [-0.25, -0.2) is 4.98 Å². The molecule has 2 nitrogen and oxygen atoms in total. The van der Waals surface area contributed by atoms with Crippen molar-refractivity contribution in [3.63, 3.8) is 0 Å². The van der Waals surface area contributed by atoms with Crippen LogP contribution in [0.5, 0.6) is 0 Å². The van der Waals surface area contributed by atoms with E-state index in [1.165, 1.54) is 21.3 Å². The van der Waals surface area contributed by atoms with Gasteiger partial charge in [-0.1, -0.05) is 0 Å². The molecule has 1 N–H and O–H groups in total. The Balaban J connectivity index is 2.15. The number of thiophene rings is 1. The molecule has 2 aromatic rings. The molecule has 60 valence electrons. The Hall–Kier alpha value is -0.870. The molecular weight excluding hydrogens is 188 g/mol. The van der Waals surface area contributed by atoms with E-state index in [0.29, 0.717) is 0 Å². The molecule has 0 unspecified atom stereocenters. The van der Waals surface area contributed by atoms with E-state index < -0.39 is 0 Å². The number of anilines is 2. The van der Waals surface area contributed by atoms with Crippen molar-refractivity contribution in [1.82, 2.24) is 4.98 Å². The fourth-order valence-corrected chi connectivity index (χ4v) is 2.96. The average Bonchev–Trinajstić information content (AvgIpc) is 2.64. The molecule has 0 aromatic carbocycles. The summed E-state index contributed by atoms with van der Waals surface area (Å²) in [5.41, 5.74) is 4.46. The van der Waals surface area contributed by atoms with Crippen LogP contribution in [0, 0.1) is 0 Å². The summed E-state index contributed by atoms with van der Waals surface area (Å²) in [6, 6.07) is 2.16. The monoisotopic (exact) mass is 194 g/mol. The Labute approximate surface area is 77.9 Å². The molecule has 0 spiro atoms. The lowest BCUT2D eigenvalue weighted by Gasteiger charge is -2.11. The summed E-state index contributed by atoms with van der Waals surface area (Å²) in [7, 11) is 0. The van der Waals surface area contributed by atoms with Gasteiger partial charge in [-0.05, 0) is 17.0 Å². The second-order valence-electron chi connectivity index (χ2n) is 2.70. The van der Waals surface area contributed by atoms with E-state index in [-0.39, 0.29) is 0 Å².